The van der Waals surface area contributed by atoms with Crippen LogP contribution in [0.2, 0.25) is 0 Å². The Morgan fingerprint density at radius 3 is 2.61 bits per heavy atom. The molecule has 0 aromatic heterocycles. The Hall–Kier alpha value is -2.87. The second kappa shape index (κ2) is 8.88. The van der Waals surface area contributed by atoms with Crippen LogP contribution < -0.4 is 5.32 Å². The molecular weight excluding hydrogens is 385 g/mol. The van der Waals surface area contributed by atoms with E-state index in [1.165, 1.54) is 24.3 Å². The first-order valence-corrected chi connectivity index (χ1v) is 9.59. The van der Waals surface area contributed by atoms with Gasteiger partial charge in [0.05, 0.1) is 11.3 Å². The molecule has 146 valence electrons. The van der Waals surface area contributed by atoms with Crippen LogP contribution in [0.1, 0.15) is 23.7 Å². The molecule has 0 radical (unpaired) electrons. The molecule has 0 saturated carbocycles. The van der Waals surface area contributed by atoms with Crippen molar-refractivity contribution in [1.29, 1.82) is 0 Å². The number of cyclic esters (lactones) is 1. The molecule has 2 aromatic carbocycles. The predicted octanol–water partition coefficient (Wildman–Crippen LogP) is 3.42. The minimum absolute atomic E-state index is 0.0458. The summed E-state index contributed by atoms with van der Waals surface area (Å²) in [6.45, 7) is 1.73. The van der Waals surface area contributed by atoms with Gasteiger partial charge in [0.1, 0.15) is 11.9 Å². The Morgan fingerprint density at radius 2 is 1.93 bits per heavy atom. The number of esters is 2. The monoisotopic (exact) mass is 403 g/mol. The van der Waals surface area contributed by atoms with Gasteiger partial charge < -0.3 is 14.8 Å². The zero-order valence-corrected chi connectivity index (χ0v) is 15.8. The zero-order chi connectivity index (χ0) is 20.1. The van der Waals surface area contributed by atoms with Gasteiger partial charge in [0.25, 0.3) is 0 Å². The van der Waals surface area contributed by atoms with E-state index in [9.17, 15) is 18.8 Å². The SMILES string of the molecule is C[C@@H]1C[C@H](OC(=O)c2ccccc2SCC(=O)Nc2ccc(F)cc2)C(=O)O1. The summed E-state index contributed by atoms with van der Waals surface area (Å²) in [7, 11) is 0. The van der Waals surface area contributed by atoms with E-state index in [-0.39, 0.29) is 29.1 Å². The second-order valence-corrected chi connectivity index (χ2v) is 7.23. The number of halogens is 1. The number of carbonyl (C=O) groups is 3. The van der Waals surface area contributed by atoms with Crippen LogP contribution in [0, 0.1) is 5.82 Å². The molecule has 0 aliphatic carbocycles. The van der Waals surface area contributed by atoms with Crippen LogP contribution in [0.25, 0.3) is 0 Å². The van der Waals surface area contributed by atoms with Crippen molar-refractivity contribution in [3.05, 3.63) is 59.9 Å². The molecule has 1 fully saturated rings. The zero-order valence-electron chi connectivity index (χ0n) is 15.0. The normalized spacial score (nSPS) is 18.4. The average Bonchev–Trinajstić information content (AvgIpc) is 2.99. The summed E-state index contributed by atoms with van der Waals surface area (Å²) in [6, 6.07) is 12.1. The lowest BCUT2D eigenvalue weighted by Crippen LogP contribution is -2.23. The van der Waals surface area contributed by atoms with Gasteiger partial charge in [-0.1, -0.05) is 12.1 Å². The first kappa shape index (κ1) is 19.9. The molecular formula is C20H18FNO5S. The Bertz CT molecular complexity index is 886. The van der Waals surface area contributed by atoms with Crippen LogP contribution in [-0.4, -0.2) is 35.8 Å². The first-order valence-electron chi connectivity index (χ1n) is 8.61. The molecule has 0 unspecified atom stereocenters. The van der Waals surface area contributed by atoms with Crippen LogP contribution >= 0.6 is 11.8 Å². The third kappa shape index (κ3) is 5.10. The highest BCUT2D eigenvalue weighted by Crippen LogP contribution is 2.26. The number of thioether (sulfide) groups is 1. The van der Waals surface area contributed by atoms with Gasteiger partial charge in [-0.3, -0.25) is 4.79 Å². The minimum Gasteiger partial charge on any atom is -0.460 e. The van der Waals surface area contributed by atoms with Crippen LogP contribution in [-0.2, 0) is 19.1 Å². The summed E-state index contributed by atoms with van der Waals surface area (Å²) in [5.41, 5.74) is 0.753. The van der Waals surface area contributed by atoms with Crippen LogP contribution in [0.4, 0.5) is 10.1 Å². The molecule has 2 aromatic rings. The van der Waals surface area contributed by atoms with Gasteiger partial charge in [0, 0.05) is 17.0 Å². The van der Waals surface area contributed by atoms with E-state index in [2.05, 4.69) is 5.32 Å². The van der Waals surface area contributed by atoms with E-state index in [0.29, 0.717) is 17.0 Å². The molecule has 1 amide bonds. The van der Waals surface area contributed by atoms with E-state index in [4.69, 9.17) is 9.47 Å². The van der Waals surface area contributed by atoms with Crippen molar-refractivity contribution in [2.75, 3.05) is 11.1 Å². The molecule has 1 aliphatic heterocycles. The van der Waals surface area contributed by atoms with Crippen LogP contribution in [0.5, 0.6) is 0 Å². The van der Waals surface area contributed by atoms with Crippen molar-refractivity contribution < 1.29 is 28.2 Å². The van der Waals surface area contributed by atoms with Gasteiger partial charge in [0.15, 0.2) is 0 Å². The smallest absolute Gasteiger partial charge is 0.347 e. The summed E-state index contributed by atoms with van der Waals surface area (Å²) in [5, 5.41) is 2.65. The van der Waals surface area contributed by atoms with Crippen molar-refractivity contribution >= 4 is 35.3 Å². The average molecular weight is 403 g/mol. The Kier molecular flexibility index (Phi) is 6.30. The molecule has 1 saturated heterocycles. The molecule has 1 N–H and O–H groups in total. The van der Waals surface area contributed by atoms with Gasteiger partial charge in [0.2, 0.25) is 12.0 Å². The third-order valence-electron chi connectivity index (χ3n) is 3.97. The number of carbonyl (C=O) groups excluding carboxylic acids is 3. The van der Waals surface area contributed by atoms with E-state index in [1.54, 1.807) is 31.2 Å². The van der Waals surface area contributed by atoms with Crippen molar-refractivity contribution in [2.45, 2.75) is 30.4 Å². The fourth-order valence-corrected chi connectivity index (χ4v) is 3.48. The van der Waals surface area contributed by atoms with E-state index in [1.807, 2.05) is 0 Å². The predicted molar refractivity (Wildman–Crippen MR) is 102 cm³/mol. The number of amides is 1. The molecule has 8 heteroatoms. The lowest BCUT2D eigenvalue weighted by atomic mass is 10.2. The number of benzene rings is 2. The largest absolute Gasteiger partial charge is 0.460 e. The summed E-state index contributed by atoms with van der Waals surface area (Å²) < 4.78 is 23.2. The standard InChI is InChI=1S/C20H18FNO5S/c1-12-10-16(20(25)26-12)27-19(24)15-4-2-3-5-17(15)28-11-18(23)22-14-8-6-13(21)7-9-14/h2-9,12,16H,10-11H2,1H3,(H,22,23)/t12-,16+/m1/s1. The third-order valence-corrected chi connectivity index (χ3v) is 5.04. The Morgan fingerprint density at radius 1 is 1.21 bits per heavy atom. The fraction of sp³-hybridized carbons (Fsp3) is 0.250. The van der Waals surface area contributed by atoms with E-state index in [0.717, 1.165) is 11.8 Å². The van der Waals surface area contributed by atoms with Gasteiger partial charge in [-0.25, -0.2) is 14.0 Å². The highest BCUT2D eigenvalue weighted by atomic mass is 32.2. The number of hydrogen-bond donors (Lipinski definition) is 1. The number of nitrogens with one attached hydrogen (secondary N) is 1. The van der Waals surface area contributed by atoms with E-state index < -0.39 is 18.0 Å². The van der Waals surface area contributed by atoms with Gasteiger partial charge in [-0.05, 0) is 43.3 Å². The van der Waals surface area contributed by atoms with Gasteiger partial charge in [-0.15, -0.1) is 11.8 Å². The van der Waals surface area contributed by atoms with Crippen molar-refractivity contribution in [3.63, 3.8) is 0 Å². The molecule has 3 rings (SSSR count). The summed E-state index contributed by atoms with van der Waals surface area (Å²) >= 11 is 1.16. The maximum atomic E-state index is 12.9. The molecule has 1 aliphatic rings. The first-order chi connectivity index (χ1) is 13.4. The molecule has 1 heterocycles. The van der Waals surface area contributed by atoms with Crippen molar-refractivity contribution in [1.82, 2.24) is 0 Å². The molecule has 2 atom stereocenters. The van der Waals surface area contributed by atoms with Crippen molar-refractivity contribution in [2.24, 2.45) is 0 Å². The number of anilines is 1. The number of hydrogen-bond acceptors (Lipinski definition) is 6. The number of rotatable bonds is 6. The topological polar surface area (TPSA) is 81.7 Å². The maximum Gasteiger partial charge on any atom is 0.347 e. The highest BCUT2D eigenvalue weighted by molar-refractivity contribution is 8.00. The minimum atomic E-state index is -0.915. The maximum absolute atomic E-state index is 12.9. The second-order valence-electron chi connectivity index (χ2n) is 6.22. The van der Waals surface area contributed by atoms with Crippen molar-refractivity contribution in [3.8, 4) is 0 Å². The van der Waals surface area contributed by atoms with Gasteiger partial charge in [-0.2, -0.15) is 0 Å². The fourth-order valence-electron chi connectivity index (χ4n) is 2.64. The summed E-state index contributed by atoms with van der Waals surface area (Å²) in [6.07, 6.45) is -0.882. The number of ether oxygens (including phenoxy) is 2. The molecule has 0 spiro atoms. The quantitative estimate of drug-likeness (QED) is 0.588. The Labute approximate surface area is 165 Å². The molecule has 0 bridgehead atoms. The summed E-state index contributed by atoms with van der Waals surface area (Å²) in [5.74, 6) is -1.83. The highest BCUT2D eigenvalue weighted by Gasteiger charge is 2.35. The molecule has 6 nitrogen and oxygen atoms in total. The van der Waals surface area contributed by atoms with Crippen LogP contribution in [0.15, 0.2) is 53.4 Å². The lowest BCUT2D eigenvalue weighted by Gasteiger charge is -2.11. The van der Waals surface area contributed by atoms with E-state index >= 15 is 0 Å². The summed E-state index contributed by atoms with van der Waals surface area (Å²) in [4.78, 5) is 36.8. The van der Waals surface area contributed by atoms with Crippen LogP contribution in [0.3, 0.4) is 0 Å². The Balaban J connectivity index is 1.60. The molecule has 28 heavy (non-hydrogen) atoms. The van der Waals surface area contributed by atoms with Gasteiger partial charge >= 0.3 is 11.9 Å². The lowest BCUT2D eigenvalue weighted by molar-refractivity contribution is -0.147.